The van der Waals surface area contributed by atoms with Crippen LogP contribution in [0.2, 0.25) is 0 Å². The zero-order chi connectivity index (χ0) is 21.7. The number of nitrogens with zero attached hydrogens (tertiary/aromatic N) is 3. The van der Waals surface area contributed by atoms with Crippen LogP contribution in [0.15, 0.2) is 59.6 Å². The maximum absolute atomic E-state index is 5.42. The van der Waals surface area contributed by atoms with Crippen molar-refractivity contribution in [3.8, 4) is 5.75 Å². The Morgan fingerprint density at radius 3 is 2.35 bits per heavy atom. The van der Waals surface area contributed by atoms with Gasteiger partial charge in [-0.1, -0.05) is 36.4 Å². The molecule has 1 saturated heterocycles. The van der Waals surface area contributed by atoms with E-state index >= 15 is 0 Å². The van der Waals surface area contributed by atoms with E-state index in [1.165, 1.54) is 24.2 Å². The van der Waals surface area contributed by atoms with Crippen molar-refractivity contribution in [2.24, 2.45) is 4.99 Å². The predicted octanol–water partition coefficient (Wildman–Crippen LogP) is 3.01. The number of methoxy groups -OCH3 is 1. The molecule has 2 N–H and O–H groups in total. The van der Waals surface area contributed by atoms with Gasteiger partial charge in [-0.15, -0.1) is 0 Å². The fraction of sp³-hybridized carbons (Fsp3) is 0.480. The van der Waals surface area contributed by atoms with Gasteiger partial charge in [0.1, 0.15) is 5.75 Å². The molecular formula is C25H37N5O. The highest BCUT2D eigenvalue weighted by Crippen LogP contribution is 2.17. The van der Waals surface area contributed by atoms with Crippen molar-refractivity contribution in [3.63, 3.8) is 0 Å². The van der Waals surface area contributed by atoms with Gasteiger partial charge in [-0.05, 0) is 49.6 Å². The molecule has 2 aromatic carbocycles. The maximum Gasteiger partial charge on any atom is 0.190 e. The van der Waals surface area contributed by atoms with Gasteiger partial charge in [-0.2, -0.15) is 0 Å². The lowest BCUT2D eigenvalue weighted by molar-refractivity contribution is 0.253. The van der Waals surface area contributed by atoms with Crippen molar-refractivity contribution in [1.29, 1.82) is 0 Å². The summed E-state index contributed by atoms with van der Waals surface area (Å²) in [7, 11) is 3.54. The van der Waals surface area contributed by atoms with Crippen molar-refractivity contribution in [2.45, 2.75) is 19.3 Å². The van der Waals surface area contributed by atoms with Crippen molar-refractivity contribution in [2.75, 3.05) is 64.9 Å². The van der Waals surface area contributed by atoms with Gasteiger partial charge in [0.2, 0.25) is 0 Å². The molecule has 0 atom stereocenters. The van der Waals surface area contributed by atoms with Crippen LogP contribution in [0, 0.1) is 0 Å². The molecule has 6 heteroatoms. The molecule has 0 saturated carbocycles. The largest absolute Gasteiger partial charge is 0.496 e. The van der Waals surface area contributed by atoms with Gasteiger partial charge in [0, 0.05) is 52.0 Å². The second kappa shape index (κ2) is 12.8. The second-order valence-electron chi connectivity index (χ2n) is 7.86. The minimum Gasteiger partial charge on any atom is -0.496 e. The Bertz CT molecular complexity index is 788. The number of guanidine groups is 1. The summed E-state index contributed by atoms with van der Waals surface area (Å²) in [6, 6.07) is 18.9. The summed E-state index contributed by atoms with van der Waals surface area (Å²) >= 11 is 0. The second-order valence-corrected chi connectivity index (χ2v) is 7.86. The highest BCUT2D eigenvalue weighted by atomic mass is 16.5. The molecule has 6 nitrogen and oxygen atoms in total. The van der Waals surface area contributed by atoms with Crippen LogP contribution >= 0.6 is 0 Å². The predicted molar refractivity (Wildman–Crippen MR) is 130 cm³/mol. The number of piperazine rings is 1. The number of ether oxygens (including phenoxy) is 1. The number of benzene rings is 2. The van der Waals surface area contributed by atoms with Crippen LogP contribution in [0.1, 0.15) is 18.4 Å². The lowest BCUT2D eigenvalue weighted by Gasteiger charge is -2.36. The molecule has 0 radical (unpaired) electrons. The van der Waals surface area contributed by atoms with E-state index in [2.05, 4.69) is 61.8 Å². The normalized spacial score (nSPS) is 15.0. The van der Waals surface area contributed by atoms with Gasteiger partial charge in [-0.3, -0.25) is 9.89 Å². The van der Waals surface area contributed by atoms with Crippen LogP contribution in [0.5, 0.6) is 5.75 Å². The number of rotatable bonds is 10. The van der Waals surface area contributed by atoms with Gasteiger partial charge >= 0.3 is 0 Å². The zero-order valence-electron chi connectivity index (χ0n) is 19.0. The number of unbranched alkanes of at least 4 members (excludes halogenated alkanes) is 1. The lowest BCUT2D eigenvalue weighted by atomic mass is 10.1. The fourth-order valence-corrected chi connectivity index (χ4v) is 3.98. The smallest absolute Gasteiger partial charge is 0.190 e. The first-order valence-corrected chi connectivity index (χ1v) is 11.4. The molecule has 1 heterocycles. The van der Waals surface area contributed by atoms with E-state index in [1.54, 1.807) is 7.11 Å². The third kappa shape index (κ3) is 7.47. The molecule has 1 aliphatic rings. The van der Waals surface area contributed by atoms with Crippen molar-refractivity contribution >= 4 is 11.6 Å². The van der Waals surface area contributed by atoms with Crippen LogP contribution in [-0.2, 0) is 6.42 Å². The number of aliphatic imine (C=N–C) groups is 1. The Morgan fingerprint density at radius 1 is 0.903 bits per heavy atom. The molecule has 31 heavy (non-hydrogen) atoms. The maximum atomic E-state index is 5.42. The molecule has 1 fully saturated rings. The first kappa shape index (κ1) is 22.9. The van der Waals surface area contributed by atoms with Crippen LogP contribution in [-0.4, -0.2) is 70.8 Å². The van der Waals surface area contributed by atoms with E-state index in [0.717, 1.165) is 63.8 Å². The molecule has 0 aromatic heterocycles. The number of para-hydroxylation sites is 2. The van der Waals surface area contributed by atoms with Crippen LogP contribution in [0.3, 0.4) is 0 Å². The van der Waals surface area contributed by atoms with Crippen molar-refractivity contribution < 1.29 is 4.74 Å². The van der Waals surface area contributed by atoms with Crippen LogP contribution in [0.25, 0.3) is 0 Å². The summed E-state index contributed by atoms with van der Waals surface area (Å²) in [4.78, 5) is 9.40. The van der Waals surface area contributed by atoms with Gasteiger partial charge < -0.3 is 20.3 Å². The summed E-state index contributed by atoms with van der Waals surface area (Å²) in [6.45, 7) is 7.47. The van der Waals surface area contributed by atoms with E-state index < -0.39 is 0 Å². The SMILES string of the molecule is CN=C(NCCCCN1CCN(c2ccccc2)CC1)NCCc1ccccc1OC. The van der Waals surface area contributed by atoms with E-state index in [0.29, 0.717) is 0 Å². The summed E-state index contributed by atoms with van der Waals surface area (Å²) in [5.74, 6) is 1.81. The van der Waals surface area contributed by atoms with Gasteiger partial charge in [0.05, 0.1) is 7.11 Å². The molecule has 2 aromatic rings. The first-order valence-electron chi connectivity index (χ1n) is 11.4. The van der Waals surface area contributed by atoms with E-state index in [4.69, 9.17) is 4.74 Å². The topological polar surface area (TPSA) is 52.1 Å². The van der Waals surface area contributed by atoms with E-state index in [-0.39, 0.29) is 0 Å². The number of nitrogens with one attached hydrogen (secondary N) is 2. The molecule has 0 spiro atoms. The minimum absolute atomic E-state index is 0.825. The van der Waals surface area contributed by atoms with Crippen molar-refractivity contribution in [1.82, 2.24) is 15.5 Å². The highest BCUT2D eigenvalue weighted by molar-refractivity contribution is 5.79. The van der Waals surface area contributed by atoms with E-state index in [1.807, 2.05) is 25.2 Å². The number of hydrogen-bond donors (Lipinski definition) is 2. The molecular weight excluding hydrogens is 386 g/mol. The monoisotopic (exact) mass is 423 g/mol. The fourth-order valence-electron chi connectivity index (χ4n) is 3.98. The Hall–Kier alpha value is -2.73. The Kier molecular flexibility index (Phi) is 9.51. The third-order valence-electron chi connectivity index (χ3n) is 5.79. The Labute approximate surface area is 187 Å². The zero-order valence-corrected chi connectivity index (χ0v) is 19.0. The quantitative estimate of drug-likeness (QED) is 0.350. The molecule has 3 rings (SSSR count). The molecule has 0 aliphatic carbocycles. The van der Waals surface area contributed by atoms with Gasteiger partial charge in [0.25, 0.3) is 0 Å². The number of hydrogen-bond acceptors (Lipinski definition) is 4. The molecule has 0 amide bonds. The van der Waals surface area contributed by atoms with Gasteiger partial charge in [-0.25, -0.2) is 0 Å². The number of anilines is 1. The molecule has 168 valence electrons. The van der Waals surface area contributed by atoms with Crippen LogP contribution < -0.4 is 20.3 Å². The standard InChI is InChI=1S/C25H37N5O/c1-26-25(28-16-14-22-10-6-7-13-24(22)31-2)27-15-8-9-17-29-18-20-30(21-19-29)23-11-4-3-5-12-23/h3-7,10-13H,8-9,14-21H2,1-2H3,(H2,26,27,28). The Morgan fingerprint density at radius 2 is 1.61 bits per heavy atom. The Balaban J connectivity index is 1.25. The average Bonchev–Trinajstić information content (AvgIpc) is 2.84. The van der Waals surface area contributed by atoms with Gasteiger partial charge in [0.15, 0.2) is 5.96 Å². The third-order valence-corrected chi connectivity index (χ3v) is 5.79. The minimum atomic E-state index is 0.825. The molecule has 0 unspecified atom stereocenters. The average molecular weight is 424 g/mol. The molecule has 1 aliphatic heterocycles. The summed E-state index contributed by atoms with van der Waals surface area (Å²) < 4.78 is 5.42. The van der Waals surface area contributed by atoms with Crippen LogP contribution in [0.4, 0.5) is 5.69 Å². The highest BCUT2D eigenvalue weighted by Gasteiger charge is 2.16. The van der Waals surface area contributed by atoms with E-state index in [9.17, 15) is 0 Å². The lowest BCUT2D eigenvalue weighted by Crippen LogP contribution is -2.46. The summed E-state index contributed by atoms with van der Waals surface area (Å²) in [6.07, 6.45) is 3.25. The first-order chi connectivity index (χ1) is 15.3. The van der Waals surface area contributed by atoms with Crippen molar-refractivity contribution in [3.05, 3.63) is 60.2 Å². The molecule has 0 bridgehead atoms. The summed E-state index contributed by atoms with van der Waals surface area (Å²) in [5, 5.41) is 6.83. The summed E-state index contributed by atoms with van der Waals surface area (Å²) in [5.41, 5.74) is 2.55.